The number of carbonyl (C=O) groups is 1. The van der Waals surface area contributed by atoms with Crippen molar-refractivity contribution in [1.29, 1.82) is 0 Å². The average Bonchev–Trinajstić information content (AvgIpc) is 2.40. The van der Waals surface area contributed by atoms with Crippen molar-refractivity contribution < 1.29 is 19.4 Å². The molecular weight excluding hydrogens is 234 g/mol. The Hall–Kier alpha value is -1.59. The molecule has 98 valence electrons. The third-order valence-corrected chi connectivity index (χ3v) is 2.85. The highest BCUT2D eigenvalue weighted by molar-refractivity contribution is 5.94. The van der Waals surface area contributed by atoms with Gasteiger partial charge in [0.05, 0.1) is 25.9 Å². The number of phenolic OH excluding ortho intramolecular Hbond substituents is 1. The zero-order valence-corrected chi connectivity index (χ0v) is 10.3. The average molecular weight is 251 g/mol. The first kappa shape index (κ1) is 12.9. The second-order valence-electron chi connectivity index (χ2n) is 4.28. The molecule has 0 radical (unpaired) electrons. The molecule has 2 rings (SSSR count). The number of hydrogen-bond acceptors (Lipinski definition) is 4. The predicted molar refractivity (Wildman–Crippen MR) is 65.7 cm³/mol. The van der Waals surface area contributed by atoms with E-state index in [4.69, 9.17) is 9.47 Å². The monoisotopic (exact) mass is 251 g/mol. The second-order valence-corrected chi connectivity index (χ2v) is 4.28. The van der Waals surface area contributed by atoms with E-state index in [2.05, 4.69) is 5.32 Å². The van der Waals surface area contributed by atoms with Crippen LogP contribution in [0.1, 0.15) is 15.9 Å². The number of phenols is 1. The lowest BCUT2D eigenvalue weighted by molar-refractivity contribution is -0.0855. The number of hydrogen-bond donors (Lipinski definition) is 2. The second kappa shape index (κ2) is 5.84. The molecule has 1 unspecified atom stereocenters. The summed E-state index contributed by atoms with van der Waals surface area (Å²) >= 11 is 0. The molecule has 18 heavy (non-hydrogen) atoms. The Morgan fingerprint density at radius 2 is 2.33 bits per heavy atom. The fourth-order valence-corrected chi connectivity index (χ4v) is 1.71. The first-order valence-electron chi connectivity index (χ1n) is 5.94. The Balaban J connectivity index is 1.88. The van der Waals surface area contributed by atoms with Crippen LogP contribution in [0.25, 0.3) is 0 Å². The number of rotatable bonds is 3. The van der Waals surface area contributed by atoms with Gasteiger partial charge in [-0.3, -0.25) is 4.79 Å². The molecule has 1 aromatic carbocycles. The zero-order valence-electron chi connectivity index (χ0n) is 10.3. The minimum Gasteiger partial charge on any atom is -0.508 e. The minimum absolute atomic E-state index is 0.0956. The summed E-state index contributed by atoms with van der Waals surface area (Å²) in [6, 6.07) is 4.86. The van der Waals surface area contributed by atoms with Crippen molar-refractivity contribution in [2.24, 2.45) is 0 Å². The van der Waals surface area contributed by atoms with Crippen LogP contribution in [-0.4, -0.2) is 43.5 Å². The van der Waals surface area contributed by atoms with Crippen LogP contribution < -0.4 is 5.32 Å². The van der Waals surface area contributed by atoms with Crippen LogP contribution in [-0.2, 0) is 9.47 Å². The van der Waals surface area contributed by atoms with Crippen LogP contribution in [0, 0.1) is 6.92 Å². The summed E-state index contributed by atoms with van der Waals surface area (Å²) in [5, 5.41) is 12.3. The molecule has 0 aliphatic carbocycles. The van der Waals surface area contributed by atoms with E-state index in [1.165, 1.54) is 6.07 Å². The number of carbonyl (C=O) groups excluding carboxylic acids is 1. The fraction of sp³-hybridized carbons (Fsp3) is 0.462. The van der Waals surface area contributed by atoms with Gasteiger partial charge in [0.15, 0.2) is 0 Å². The van der Waals surface area contributed by atoms with Gasteiger partial charge in [0.1, 0.15) is 5.75 Å². The number of ether oxygens (including phenoxy) is 2. The quantitative estimate of drug-likeness (QED) is 0.835. The maximum atomic E-state index is 11.8. The van der Waals surface area contributed by atoms with Crippen molar-refractivity contribution in [3.8, 4) is 5.75 Å². The lowest BCUT2D eigenvalue weighted by Crippen LogP contribution is -2.39. The van der Waals surface area contributed by atoms with Gasteiger partial charge in [-0.1, -0.05) is 6.07 Å². The standard InChI is InChI=1S/C13H17NO4/c1-9-2-3-10(6-12(9)15)13(16)14-7-11-8-17-4-5-18-11/h2-3,6,11,15H,4-5,7-8H2,1H3,(H,14,16). The molecule has 1 aliphatic rings. The third kappa shape index (κ3) is 3.21. The molecule has 5 nitrogen and oxygen atoms in total. The number of nitrogens with one attached hydrogen (secondary N) is 1. The lowest BCUT2D eigenvalue weighted by Gasteiger charge is -2.23. The van der Waals surface area contributed by atoms with Crippen molar-refractivity contribution in [2.45, 2.75) is 13.0 Å². The van der Waals surface area contributed by atoms with E-state index >= 15 is 0 Å². The van der Waals surface area contributed by atoms with Crippen LogP contribution in [0.3, 0.4) is 0 Å². The van der Waals surface area contributed by atoms with Gasteiger partial charge in [0.2, 0.25) is 0 Å². The molecule has 1 fully saturated rings. The van der Waals surface area contributed by atoms with E-state index in [9.17, 15) is 9.90 Å². The molecule has 5 heteroatoms. The summed E-state index contributed by atoms with van der Waals surface area (Å²) in [6.45, 7) is 3.86. The first-order chi connectivity index (χ1) is 8.66. The molecule has 0 spiro atoms. The molecule has 1 heterocycles. The van der Waals surface area contributed by atoms with Crippen molar-refractivity contribution in [3.05, 3.63) is 29.3 Å². The molecule has 1 atom stereocenters. The Morgan fingerprint density at radius 3 is 3.00 bits per heavy atom. The molecule has 2 N–H and O–H groups in total. The van der Waals surface area contributed by atoms with Gasteiger partial charge < -0.3 is 19.9 Å². The van der Waals surface area contributed by atoms with Crippen molar-refractivity contribution in [1.82, 2.24) is 5.32 Å². The van der Waals surface area contributed by atoms with Gasteiger partial charge in [-0.15, -0.1) is 0 Å². The number of benzene rings is 1. The maximum absolute atomic E-state index is 11.8. The molecule has 1 aromatic rings. The summed E-state index contributed by atoms with van der Waals surface area (Å²) in [7, 11) is 0. The highest BCUT2D eigenvalue weighted by Crippen LogP contribution is 2.17. The van der Waals surface area contributed by atoms with Crippen LogP contribution >= 0.6 is 0 Å². The molecule has 0 aromatic heterocycles. The van der Waals surface area contributed by atoms with Gasteiger partial charge in [0, 0.05) is 12.1 Å². The largest absolute Gasteiger partial charge is 0.508 e. The van der Waals surface area contributed by atoms with E-state index in [1.807, 2.05) is 0 Å². The predicted octanol–water partition coefficient (Wildman–Crippen LogP) is 0.846. The third-order valence-electron chi connectivity index (χ3n) is 2.85. The first-order valence-corrected chi connectivity index (χ1v) is 5.94. The molecular formula is C13H17NO4. The molecule has 1 aliphatic heterocycles. The summed E-state index contributed by atoms with van der Waals surface area (Å²) in [5.74, 6) is -0.0978. The highest BCUT2D eigenvalue weighted by Gasteiger charge is 2.16. The molecule has 1 amide bonds. The number of aryl methyl sites for hydroxylation is 1. The fourth-order valence-electron chi connectivity index (χ4n) is 1.71. The molecule has 0 saturated carbocycles. The maximum Gasteiger partial charge on any atom is 0.251 e. The Labute approximate surface area is 106 Å². The van der Waals surface area contributed by atoms with Crippen molar-refractivity contribution in [2.75, 3.05) is 26.4 Å². The smallest absolute Gasteiger partial charge is 0.251 e. The Bertz CT molecular complexity index is 427. The van der Waals surface area contributed by atoms with Crippen LogP contribution in [0.15, 0.2) is 18.2 Å². The van der Waals surface area contributed by atoms with Gasteiger partial charge in [-0.25, -0.2) is 0 Å². The van der Waals surface area contributed by atoms with Gasteiger partial charge >= 0.3 is 0 Å². The van der Waals surface area contributed by atoms with Crippen LogP contribution in [0.2, 0.25) is 0 Å². The van der Waals surface area contributed by atoms with E-state index in [-0.39, 0.29) is 17.8 Å². The van der Waals surface area contributed by atoms with E-state index in [1.54, 1.807) is 19.1 Å². The topological polar surface area (TPSA) is 67.8 Å². The Morgan fingerprint density at radius 1 is 1.50 bits per heavy atom. The molecule has 1 saturated heterocycles. The minimum atomic E-state index is -0.223. The number of aromatic hydroxyl groups is 1. The van der Waals surface area contributed by atoms with E-state index < -0.39 is 0 Å². The lowest BCUT2D eigenvalue weighted by atomic mass is 10.1. The summed E-state index contributed by atoms with van der Waals surface area (Å²) in [4.78, 5) is 11.8. The summed E-state index contributed by atoms with van der Waals surface area (Å²) < 4.78 is 10.7. The van der Waals surface area contributed by atoms with Crippen molar-refractivity contribution >= 4 is 5.91 Å². The molecule has 0 bridgehead atoms. The Kier molecular flexibility index (Phi) is 4.17. The summed E-state index contributed by atoms with van der Waals surface area (Å²) in [5.41, 5.74) is 1.19. The van der Waals surface area contributed by atoms with Crippen LogP contribution in [0.5, 0.6) is 5.75 Å². The van der Waals surface area contributed by atoms with Gasteiger partial charge in [-0.2, -0.15) is 0 Å². The number of amides is 1. The van der Waals surface area contributed by atoms with E-state index in [0.717, 1.165) is 5.56 Å². The highest BCUT2D eigenvalue weighted by atomic mass is 16.6. The SMILES string of the molecule is Cc1ccc(C(=O)NCC2COCCO2)cc1O. The van der Waals surface area contributed by atoms with Gasteiger partial charge in [-0.05, 0) is 24.6 Å². The zero-order chi connectivity index (χ0) is 13.0. The van der Waals surface area contributed by atoms with Crippen LogP contribution in [0.4, 0.5) is 0 Å². The normalized spacial score (nSPS) is 19.5. The summed E-state index contributed by atoms with van der Waals surface area (Å²) in [6.07, 6.45) is -0.0956. The van der Waals surface area contributed by atoms with Crippen molar-refractivity contribution in [3.63, 3.8) is 0 Å². The van der Waals surface area contributed by atoms with E-state index in [0.29, 0.717) is 31.9 Å². The van der Waals surface area contributed by atoms with Gasteiger partial charge in [0.25, 0.3) is 5.91 Å².